The van der Waals surface area contributed by atoms with Crippen molar-refractivity contribution in [2.24, 2.45) is 0 Å². The lowest BCUT2D eigenvalue weighted by atomic mass is 10.2. The molecule has 0 bridgehead atoms. The summed E-state index contributed by atoms with van der Waals surface area (Å²) in [5.41, 5.74) is 1.39. The van der Waals surface area contributed by atoms with Crippen LogP contribution in [0.15, 0.2) is 34.5 Å². The number of rotatable bonds is 4. The van der Waals surface area contributed by atoms with Crippen LogP contribution in [0.25, 0.3) is 0 Å². The van der Waals surface area contributed by atoms with Gasteiger partial charge in [-0.25, -0.2) is 8.42 Å². The maximum atomic E-state index is 12.2. The van der Waals surface area contributed by atoms with E-state index in [-0.39, 0.29) is 0 Å². The highest BCUT2D eigenvalue weighted by atomic mass is 35.5. The third-order valence-electron chi connectivity index (χ3n) is 2.67. The van der Waals surface area contributed by atoms with E-state index < -0.39 is 10.0 Å². The van der Waals surface area contributed by atoms with Crippen LogP contribution in [0.3, 0.4) is 0 Å². The van der Waals surface area contributed by atoms with Crippen LogP contribution in [0.4, 0.5) is 5.69 Å². The van der Waals surface area contributed by atoms with Crippen molar-refractivity contribution in [3.05, 3.63) is 45.8 Å². The number of hydrogen-bond donors (Lipinski definition) is 1. The molecule has 0 fully saturated rings. The zero-order valence-electron chi connectivity index (χ0n) is 10.6. The van der Waals surface area contributed by atoms with Crippen molar-refractivity contribution >= 4 is 38.6 Å². The normalized spacial score (nSPS) is 11.5. The molecular weight excluding hydrogens is 302 g/mol. The minimum absolute atomic E-state index is 0.320. The molecule has 0 amide bonds. The van der Waals surface area contributed by atoms with Gasteiger partial charge in [0.25, 0.3) is 10.0 Å². The number of anilines is 1. The van der Waals surface area contributed by atoms with Crippen molar-refractivity contribution in [3.63, 3.8) is 0 Å². The summed E-state index contributed by atoms with van der Waals surface area (Å²) in [7, 11) is -3.52. The predicted octanol–water partition coefficient (Wildman–Crippen LogP) is 4.07. The first-order chi connectivity index (χ1) is 8.92. The second kappa shape index (κ2) is 5.53. The number of hydrogen-bond acceptors (Lipinski definition) is 3. The first-order valence-corrected chi connectivity index (χ1v) is 8.48. The van der Waals surface area contributed by atoms with E-state index >= 15 is 0 Å². The molecule has 19 heavy (non-hydrogen) atoms. The topological polar surface area (TPSA) is 46.2 Å². The maximum absolute atomic E-state index is 12.2. The van der Waals surface area contributed by atoms with Gasteiger partial charge in [-0.15, -0.1) is 11.3 Å². The number of benzene rings is 1. The summed E-state index contributed by atoms with van der Waals surface area (Å²) in [5.74, 6) is 0. The van der Waals surface area contributed by atoms with E-state index in [1.807, 2.05) is 19.9 Å². The van der Waals surface area contributed by atoms with E-state index in [0.29, 0.717) is 14.9 Å². The molecule has 6 heteroatoms. The van der Waals surface area contributed by atoms with Crippen molar-refractivity contribution in [3.8, 4) is 0 Å². The van der Waals surface area contributed by atoms with Gasteiger partial charge in [0.1, 0.15) is 4.21 Å². The average Bonchev–Trinajstić information content (AvgIpc) is 2.83. The van der Waals surface area contributed by atoms with Gasteiger partial charge >= 0.3 is 0 Å². The van der Waals surface area contributed by atoms with Crippen molar-refractivity contribution in [1.29, 1.82) is 0 Å². The fourth-order valence-electron chi connectivity index (χ4n) is 1.55. The summed E-state index contributed by atoms with van der Waals surface area (Å²) in [6.45, 7) is 3.86. The van der Waals surface area contributed by atoms with Gasteiger partial charge in [0.05, 0.1) is 5.69 Å². The highest BCUT2D eigenvalue weighted by Crippen LogP contribution is 2.26. The van der Waals surface area contributed by atoms with E-state index in [9.17, 15) is 8.42 Å². The van der Waals surface area contributed by atoms with Crippen LogP contribution in [-0.4, -0.2) is 8.42 Å². The molecule has 1 N–H and O–H groups in total. The van der Waals surface area contributed by atoms with E-state index in [2.05, 4.69) is 4.72 Å². The minimum atomic E-state index is -3.52. The first-order valence-electron chi connectivity index (χ1n) is 5.80. The van der Waals surface area contributed by atoms with Crippen LogP contribution in [0.1, 0.15) is 17.4 Å². The molecular formula is C13H14ClNO2S2. The molecule has 1 aromatic heterocycles. The van der Waals surface area contributed by atoms with Crippen molar-refractivity contribution in [2.45, 2.75) is 24.5 Å². The molecule has 0 aliphatic rings. The summed E-state index contributed by atoms with van der Waals surface area (Å²) >= 11 is 7.27. The standard InChI is InChI=1S/C13H14ClNO2S2/c1-3-11-6-7-13(18-11)19(16,17)15-10-5-4-9(2)12(14)8-10/h4-8,15H,3H2,1-2H3. The van der Waals surface area contributed by atoms with Gasteiger partial charge in [0.15, 0.2) is 0 Å². The summed E-state index contributed by atoms with van der Waals surface area (Å²) < 4.78 is 27.2. The van der Waals surface area contributed by atoms with Crippen molar-refractivity contribution in [1.82, 2.24) is 0 Å². The van der Waals surface area contributed by atoms with Gasteiger partial charge in [-0.3, -0.25) is 4.72 Å². The Morgan fingerprint density at radius 1 is 1.26 bits per heavy atom. The fraction of sp³-hybridized carbons (Fsp3) is 0.231. The second-order valence-electron chi connectivity index (χ2n) is 4.14. The minimum Gasteiger partial charge on any atom is -0.279 e. The lowest BCUT2D eigenvalue weighted by Gasteiger charge is -2.07. The Hall–Kier alpha value is -1.04. The monoisotopic (exact) mass is 315 g/mol. The van der Waals surface area contributed by atoms with Crippen LogP contribution in [-0.2, 0) is 16.4 Å². The molecule has 0 aliphatic carbocycles. The Labute approximate surface area is 122 Å². The lowest BCUT2D eigenvalue weighted by Crippen LogP contribution is -2.11. The molecule has 3 nitrogen and oxygen atoms in total. The predicted molar refractivity (Wildman–Crippen MR) is 80.7 cm³/mol. The highest BCUT2D eigenvalue weighted by molar-refractivity contribution is 7.94. The summed E-state index contributed by atoms with van der Waals surface area (Å²) in [4.78, 5) is 1.04. The number of sulfonamides is 1. The summed E-state index contributed by atoms with van der Waals surface area (Å²) in [5, 5.41) is 0.542. The molecule has 0 unspecified atom stereocenters. The molecule has 0 saturated carbocycles. The van der Waals surface area contributed by atoms with Gasteiger partial charge in [-0.05, 0) is 43.2 Å². The number of aryl methyl sites for hydroxylation is 2. The van der Waals surface area contributed by atoms with Gasteiger partial charge in [0.2, 0.25) is 0 Å². The number of halogens is 1. The summed E-state index contributed by atoms with van der Waals surface area (Å²) in [6, 6.07) is 8.56. The number of nitrogens with one attached hydrogen (secondary N) is 1. The number of thiophene rings is 1. The Bertz CT molecular complexity index is 692. The SMILES string of the molecule is CCc1ccc(S(=O)(=O)Nc2ccc(C)c(Cl)c2)s1. The second-order valence-corrected chi connectivity index (χ2v) is 7.63. The van der Waals surface area contributed by atoms with Crippen molar-refractivity contribution < 1.29 is 8.42 Å². The molecule has 0 radical (unpaired) electrons. The largest absolute Gasteiger partial charge is 0.279 e. The fourth-order valence-corrected chi connectivity index (χ4v) is 4.08. The van der Waals surface area contributed by atoms with E-state index in [1.54, 1.807) is 24.3 Å². The van der Waals surface area contributed by atoms with Crippen LogP contribution in [0, 0.1) is 6.92 Å². The zero-order valence-corrected chi connectivity index (χ0v) is 13.0. The van der Waals surface area contributed by atoms with Gasteiger partial charge in [-0.2, -0.15) is 0 Å². The van der Waals surface area contributed by atoms with Gasteiger partial charge in [-0.1, -0.05) is 24.6 Å². The average molecular weight is 316 g/mol. The van der Waals surface area contributed by atoms with Crippen LogP contribution in [0.2, 0.25) is 5.02 Å². The van der Waals surface area contributed by atoms with Crippen molar-refractivity contribution in [2.75, 3.05) is 4.72 Å². The first kappa shape index (κ1) is 14.4. The van der Waals surface area contributed by atoms with Gasteiger partial charge in [0, 0.05) is 9.90 Å². The molecule has 0 atom stereocenters. The van der Waals surface area contributed by atoms with E-state index in [1.165, 1.54) is 11.3 Å². The molecule has 102 valence electrons. The van der Waals surface area contributed by atoms with Gasteiger partial charge < -0.3 is 0 Å². The highest BCUT2D eigenvalue weighted by Gasteiger charge is 2.16. The third kappa shape index (κ3) is 3.29. The molecule has 2 aromatic rings. The van der Waals surface area contributed by atoms with E-state index in [0.717, 1.165) is 16.9 Å². The molecule has 0 saturated heterocycles. The maximum Gasteiger partial charge on any atom is 0.271 e. The van der Waals surface area contributed by atoms with Crippen LogP contribution >= 0.6 is 22.9 Å². The smallest absolute Gasteiger partial charge is 0.271 e. The zero-order chi connectivity index (χ0) is 14.0. The molecule has 0 aliphatic heterocycles. The Balaban J connectivity index is 2.28. The van der Waals surface area contributed by atoms with Crippen LogP contribution in [0.5, 0.6) is 0 Å². The lowest BCUT2D eigenvalue weighted by molar-refractivity contribution is 0.603. The molecule has 2 rings (SSSR count). The Morgan fingerprint density at radius 2 is 2.00 bits per heavy atom. The summed E-state index contributed by atoms with van der Waals surface area (Å²) in [6.07, 6.45) is 0.830. The van der Waals surface area contributed by atoms with E-state index in [4.69, 9.17) is 11.6 Å². The third-order valence-corrected chi connectivity index (χ3v) is 6.18. The molecule has 1 aromatic carbocycles. The Morgan fingerprint density at radius 3 is 2.58 bits per heavy atom. The Kier molecular flexibility index (Phi) is 4.18. The molecule has 1 heterocycles. The molecule has 0 spiro atoms. The quantitative estimate of drug-likeness (QED) is 0.924. The van der Waals surface area contributed by atoms with Crippen LogP contribution < -0.4 is 4.72 Å².